The summed E-state index contributed by atoms with van der Waals surface area (Å²) < 4.78 is 29.8. The Morgan fingerprint density at radius 3 is 2.64 bits per heavy atom. The molecular formula is C27H26F2N6O. The van der Waals surface area contributed by atoms with E-state index in [1.807, 2.05) is 13.1 Å². The van der Waals surface area contributed by atoms with Crippen molar-refractivity contribution >= 4 is 17.4 Å². The number of fused-ring (bicyclic) bond motifs is 2. The van der Waals surface area contributed by atoms with Crippen molar-refractivity contribution in [3.05, 3.63) is 82.3 Å². The maximum Gasteiger partial charge on any atom is 0.241 e. The lowest BCUT2D eigenvalue weighted by atomic mass is 9.76. The Balaban J connectivity index is 1.64. The Bertz CT molecular complexity index is 1400. The van der Waals surface area contributed by atoms with Crippen LogP contribution in [0.2, 0.25) is 0 Å². The van der Waals surface area contributed by atoms with Crippen molar-refractivity contribution in [3.8, 4) is 6.07 Å². The maximum atomic E-state index is 14.9. The summed E-state index contributed by atoms with van der Waals surface area (Å²) in [6.45, 7) is 4.77. The summed E-state index contributed by atoms with van der Waals surface area (Å²) in [4.78, 5) is 26.9. The van der Waals surface area contributed by atoms with Crippen molar-refractivity contribution in [1.29, 1.82) is 5.26 Å². The summed E-state index contributed by atoms with van der Waals surface area (Å²) in [5, 5.41) is 12.5. The van der Waals surface area contributed by atoms with Gasteiger partial charge in [-0.05, 0) is 52.1 Å². The fourth-order valence-electron chi connectivity index (χ4n) is 5.34. The summed E-state index contributed by atoms with van der Waals surface area (Å²) in [5.41, 5.74) is 0.873. The number of likely N-dealkylation sites (tertiary alicyclic amines) is 1. The van der Waals surface area contributed by atoms with Crippen LogP contribution < -0.4 is 10.2 Å². The van der Waals surface area contributed by atoms with Gasteiger partial charge in [0.05, 0.1) is 29.5 Å². The SMILES string of the molecule is Cc1nc(N[C@@H](C)c2cccc(C#N)c2F)c2c(n1)[C@]1(CCN(C)C1)C(=O)N(c1ccccc1F)C2. The highest BCUT2D eigenvalue weighted by Crippen LogP contribution is 2.44. The van der Waals surface area contributed by atoms with Gasteiger partial charge in [0.2, 0.25) is 5.91 Å². The number of anilines is 2. The minimum absolute atomic E-state index is 0.0358. The normalized spacial score (nSPS) is 20.3. The van der Waals surface area contributed by atoms with E-state index in [-0.39, 0.29) is 23.7 Å². The van der Waals surface area contributed by atoms with Crippen LogP contribution in [0.4, 0.5) is 20.3 Å². The number of hydrogen-bond donors (Lipinski definition) is 1. The molecule has 1 amide bonds. The number of nitrogens with zero attached hydrogens (tertiary/aromatic N) is 5. The first kappa shape index (κ1) is 23.8. The number of aromatic nitrogens is 2. The second-order valence-corrected chi connectivity index (χ2v) is 9.55. The van der Waals surface area contributed by atoms with Crippen molar-refractivity contribution in [3.63, 3.8) is 0 Å². The number of carbonyl (C=O) groups excluding carboxylic acids is 1. The van der Waals surface area contributed by atoms with Crippen LogP contribution >= 0.6 is 0 Å². The van der Waals surface area contributed by atoms with Gasteiger partial charge in [0.25, 0.3) is 0 Å². The van der Waals surface area contributed by atoms with E-state index in [1.54, 1.807) is 44.2 Å². The van der Waals surface area contributed by atoms with E-state index in [2.05, 4.69) is 15.2 Å². The molecule has 1 saturated heterocycles. The molecule has 0 unspecified atom stereocenters. The van der Waals surface area contributed by atoms with Gasteiger partial charge in [-0.15, -0.1) is 0 Å². The topological polar surface area (TPSA) is 85.1 Å². The molecule has 1 N–H and O–H groups in total. The molecular weight excluding hydrogens is 462 g/mol. The van der Waals surface area contributed by atoms with Crippen LogP contribution in [0.3, 0.4) is 0 Å². The molecule has 9 heteroatoms. The number of hydrogen-bond acceptors (Lipinski definition) is 6. The van der Waals surface area contributed by atoms with Crippen molar-refractivity contribution < 1.29 is 13.6 Å². The van der Waals surface area contributed by atoms with E-state index < -0.39 is 23.1 Å². The van der Waals surface area contributed by atoms with E-state index in [0.29, 0.717) is 48.0 Å². The molecule has 184 valence electrons. The third kappa shape index (κ3) is 3.78. The average molecular weight is 489 g/mol. The second-order valence-electron chi connectivity index (χ2n) is 9.55. The van der Waals surface area contributed by atoms with Gasteiger partial charge in [-0.3, -0.25) is 4.79 Å². The number of para-hydroxylation sites is 1. The lowest BCUT2D eigenvalue weighted by Crippen LogP contribution is -2.53. The predicted octanol–water partition coefficient (Wildman–Crippen LogP) is 4.23. The fourth-order valence-corrected chi connectivity index (χ4v) is 5.34. The van der Waals surface area contributed by atoms with Gasteiger partial charge in [0.1, 0.15) is 34.8 Å². The summed E-state index contributed by atoms with van der Waals surface area (Å²) in [6.07, 6.45) is 0.546. The third-order valence-electron chi connectivity index (χ3n) is 7.12. The molecule has 1 fully saturated rings. The zero-order valence-electron chi connectivity index (χ0n) is 20.3. The standard InChI is InChI=1S/C27H26F2N6O/c1-16(19-8-6-7-18(13-30)23(19)29)31-25-20-14-35(22-10-5-4-9-21(22)28)26(36)27(11-12-34(3)15-27)24(20)32-17(2)33-25/h4-10,16H,11-12,14-15H2,1-3H3,(H,31,32,33)/t16-,27+/m0/s1. The molecule has 0 saturated carbocycles. The van der Waals surface area contributed by atoms with E-state index in [9.17, 15) is 18.8 Å². The minimum atomic E-state index is -0.941. The van der Waals surface area contributed by atoms with Gasteiger partial charge >= 0.3 is 0 Å². The van der Waals surface area contributed by atoms with Gasteiger partial charge in [-0.2, -0.15) is 5.26 Å². The van der Waals surface area contributed by atoms with E-state index in [1.165, 1.54) is 17.0 Å². The summed E-state index contributed by atoms with van der Waals surface area (Å²) >= 11 is 0. The smallest absolute Gasteiger partial charge is 0.241 e. The molecule has 3 heterocycles. The Morgan fingerprint density at radius 1 is 1.17 bits per heavy atom. The number of benzene rings is 2. The first-order valence-electron chi connectivity index (χ1n) is 11.8. The second kappa shape index (κ2) is 8.95. The zero-order chi connectivity index (χ0) is 25.6. The van der Waals surface area contributed by atoms with Crippen LogP contribution in [-0.2, 0) is 16.8 Å². The summed E-state index contributed by atoms with van der Waals surface area (Å²) in [7, 11) is 1.95. The number of nitrogens with one attached hydrogen (secondary N) is 1. The fraction of sp³-hybridized carbons (Fsp3) is 0.333. The monoisotopic (exact) mass is 488 g/mol. The third-order valence-corrected chi connectivity index (χ3v) is 7.12. The Hall–Kier alpha value is -3.90. The highest BCUT2D eigenvalue weighted by molar-refractivity contribution is 6.03. The number of rotatable bonds is 4. The number of nitriles is 1. The van der Waals surface area contributed by atoms with E-state index in [4.69, 9.17) is 4.98 Å². The molecule has 2 aliphatic rings. The Kier molecular flexibility index (Phi) is 5.92. The molecule has 2 aliphatic heterocycles. The molecule has 0 aliphatic carbocycles. The molecule has 3 aromatic rings. The van der Waals surface area contributed by atoms with Gasteiger partial charge < -0.3 is 15.1 Å². The summed E-state index contributed by atoms with van der Waals surface area (Å²) in [6, 6.07) is 12.3. The van der Waals surface area contributed by atoms with E-state index in [0.717, 1.165) is 0 Å². The molecule has 1 aromatic heterocycles. The minimum Gasteiger partial charge on any atom is -0.363 e. The number of carbonyl (C=O) groups is 1. The van der Waals surface area contributed by atoms with Gasteiger partial charge in [0, 0.05) is 17.7 Å². The van der Waals surface area contributed by atoms with Crippen LogP contribution in [-0.4, -0.2) is 40.9 Å². The molecule has 0 radical (unpaired) electrons. The number of likely N-dealkylation sites (N-methyl/N-ethyl adjacent to an activating group) is 1. The quantitative estimate of drug-likeness (QED) is 0.592. The van der Waals surface area contributed by atoms with Crippen LogP contribution in [0.1, 0.15) is 47.6 Å². The largest absolute Gasteiger partial charge is 0.363 e. The van der Waals surface area contributed by atoms with Crippen molar-refractivity contribution in [2.75, 3.05) is 30.4 Å². The molecule has 2 atom stereocenters. The molecule has 0 bridgehead atoms. The van der Waals surface area contributed by atoms with Crippen molar-refractivity contribution in [1.82, 2.24) is 14.9 Å². The first-order chi connectivity index (χ1) is 17.2. The zero-order valence-corrected chi connectivity index (χ0v) is 20.3. The van der Waals surface area contributed by atoms with Crippen molar-refractivity contribution in [2.24, 2.45) is 0 Å². The van der Waals surface area contributed by atoms with Crippen LogP contribution in [0, 0.1) is 29.9 Å². The average Bonchev–Trinajstić information content (AvgIpc) is 3.25. The number of amides is 1. The van der Waals surface area contributed by atoms with E-state index >= 15 is 0 Å². The Labute approximate surface area is 208 Å². The van der Waals surface area contributed by atoms with Crippen LogP contribution in [0.5, 0.6) is 0 Å². The molecule has 1 spiro atoms. The highest BCUT2D eigenvalue weighted by Gasteiger charge is 2.53. The highest BCUT2D eigenvalue weighted by atomic mass is 19.1. The summed E-state index contributed by atoms with van der Waals surface area (Å²) in [5.74, 6) is -0.307. The molecule has 36 heavy (non-hydrogen) atoms. The number of aryl methyl sites for hydroxylation is 1. The predicted molar refractivity (Wildman–Crippen MR) is 131 cm³/mol. The lowest BCUT2D eigenvalue weighted by molar-refractivity contribution is -0.124. The van der Waals surface area contributed by atoms with Crippen molar-refractivity contribution in [2.45, 2.75) is 38.3 Å². The first-order valence-corrected chi connectivity index (χ1v) is 11.8. The molecule has 5 rings (SSSR count). The van der Waals surface area contributed by atoms with Gasteiger partial charge in [0.15, 0.2) is 0 Å². The Morgan fingerprint density at radius 2 is 1.94 bits per heavy atom. The molecule has 7 nitrogen and oxygen atoms in total. The van der Waals surface area contributed by atoms with Crippen LogP contribution in [0.15, 0.2) is 42.5 Å². The van der Waals surface area contributed by atoms with Gasteiger partial charge in [-0.25, -0.2) is 18.7 Å². The lowest BCUT2D eigenvalue weighted by Gasteiger charge is -2.41. The number of halogens is 2. The van der Waals surface area contributed by atoms with Crippen LogP contribution in [0.25, 0.3) is 0 Å². The molecule has 2 aromatic carbocycles. The van der Waals surface area contributed by atoms with Gasteiger partial charge in [-0.1, -0.05) is 24.3 Å². The maximum absolute atomic E-state index is 14.9.